The van der Waals surface area contributed by atoms with Gasteiger partial charge in [-0.2, -0.15) is 5.10 Å². The predicted molar refractivity (Wildman–Crippen MR) is 122 cm³/mol. The van der Waals surface area contributed by atoms with E-state index in [1.807, 2.05) is 79.1 Å². The molecule has 6 nitrogen and oxygen atoms in total. The fourth-order valence-electron chi connectivity index (χ4n) is 3.23. The molecule has 1 aromatic heterocycles. The topological polar surface area (TPSA) is 65.8 Å². The number of imidazole rings is 1. The number of anilines is 1. The lowest BCUT2D eigenvalue weighted by molar-refractivity contribution is -0.115. The summed E-state index contributed by atoms with van der Waals surface area (Å²) in [7, 11) is 0. The number of hydrogen-bond acceptors (Lipinski definition) is 5. The van der Waals surface area contributed by atoms with Crippen LogP contribution in [0.1, 0.15) is 18.3 Å². The van der Waals surface area contributed by atoms with Crippen LogP contribution in [0.15, 0.2) is 70.9 Å². The van der Waals surface area contributed by atoms with Crippen molar-refractivity contribution in [2.45, 2.75) is 13.8 Å². The van der Waals surface area contributed by atoms with Gasteiger partial charge in [-0.1, -0.05) is 48.2 Å². The van der Waals surface area contributed by atoms with E-state index in [1.165, 1.54) is 11.8 Å². The maximum atomic E-state index is 12.3. The Morgan fingerprint density at radius 3 is 2.34 bits per heavy atom. The van der Waals surface area contributed by atoms with Gasteiger partial charge in [0.1, 0.15) is 0 Å². The van der Waals surface area contributed by atoms with Gasteiger partial charge in [-0.05, 0) is 50.3 Å². The first-order valence-electron chi connectivity index (χ1n) is 9.06. The SMILES string of the molecule is C/C(=N\N=C1/SCC(=O)N1c1ccccc1)c1c(C)[nH]c(=S)n1-c1ccccc1. The Kier molecular flexibility index (Phi) is 5.46. The predicted octanol–water partition coefficient (Wildman–Crippen LogP) is 4.70. The minimum Gasteiger partial charge on any atom is -0.334 e. The molecule has 0 radical (unpaired) electrons. The monoisotopic (exact) mass is 421 g/mol. The van der Waals surface area contributed by atoms with Gasteiger partial charge in [0.05, 0.1) is 22.8 Å². The number of hydrogen-bond donors (Lipinski definition) is 1. The third-order valence-electron chi connectivity index (χ3n) is 4.50. The standard InChI is InChI=1S/C21H19N5OS2/c1-14-19(26(20(28)22-14)17-11-7-4-8-12-17)15(2)23-24-21-25(18(27)13-29-21)16-9-5-3-6-10-16/h3-12H,13H2,1-2H3,(H,22,28)/b23-15+,24-21-. The summed E-state index contributed by atoms with van der Waals surface area (Å²) in [5, 5.41) is 9.42. The second kappa shape index (κ2) is 8.18. The average Bonchev–Trinajstić information content (AvgIpc) is 3.25. The van der Waals surface area contributed by atoms with E-state index >= 15 is 0 Å². The van der Waals surface area contributed by atoms with Crippen LogP contribution in [-0.2, 0) is 4.79 Å². The molecule has 0 atom stereocenters. The molecule has 4 rings (SSSR count). The van der Waals surface area contributed by atoms with Crippen LogP contribution in [0.4, 0.5) is 5.69 Å². The number of rotatable bonds is 4. The number of amidine groups is 1. The van der Waals surface area contributed by atoms with Gasteiger partial charge in [-0.15, -0.1) is 5.10 Å². The largest absolute Gasteiger partial charge is 0.334 e. The van der Waals surface area contributed by atoms with Crippen molar-refractivity contribution in [1.29, 1.82) is 0 Å². The lowest BCUT2D eigenvalue weighted by Gasteiger charge is -2.14. The van der Waals surface area contributed by atoms with Crippen molar-refractivity contribution < 1.29 is 4.79 Å². The van der Waals surface area contributed by atoms with Crippen molar-refractivity contribution in [2.75, 3.05) is 10.7 Å². The number of nitrogens with one attached hydrogen (secondary N) is 1. The number of carbonyl (C=O) groups is 1. The van der Waals surface area contributed by atoms with E-state index in [2.05, 4.69) is 15.2 Å². The summed E-state index contributed by atoms with van der Waals surface area (Å²) < 4.78 is 2.55. The molecule has 1 N–H and O–H groups in total. The smallest absolute Gasteiger partial charge is 0.243 e. The van der Waals surface area contributed by atoms with Gasteiger partial charge in [0.25, 0.3) is 0 Å². The Hall–Kier alpha value is -2.97. The van der Waals surface area contributed by atoms with Crippen LogP contribution in [0.3, 0.4) is 0 Å². The highest BCUT2D eigenvalue weighted by molar-refractivity contribution is 8.15. The number of amides is 1. The number of benzene rings is 2. The van der Waals surface area contributed by atoms with Crippen LogP contribution in [0.2, 0.25) is 0 Å². The van der Waals surface area contributed by atoms with Gasteiger partial charge in [-0.25, -0.2) is 0 Å². The number of nitrogens with zero attached hydrogens (tertiary/aromatic N) is 4. The zero-order chi connectivity index (χ0) is 20.4. The second-order valence-corrected chi connectivity index (χ2v) is 7.83. The normalized spacial score (nSPS) is 16.1. The molecule has 1 saturated heterocycles. The Balaban J connectivity index is 1.73. The molecule has 1 aliphatic heterocycles. The number of carbonyl (C=O) groups excluding carboxylic acids is 1. The maximum Gasteiger partial charge on any atom is 0.243 e. The van der Waals surface area contributed by atoms with Crippen LogP contribution in [0, 0.1) is 11.7 Å². The number of aryl methyl sites for hydroxylation is 1. The van der Waals surface area contributed by atoms with Crippen molar-refractivity contribution >= 4 is 46.5 Å². The number of aromatic amines is 1. The summed E-state index contributed by atoms with van der Waals surface area (Å²) in [6.07, 6.45) is 0. The Bertz CT molecular complexity index is 1160. The quantitative estimate of drug-likeness (QED) is 0.377. The highest BCUT2D eigenvalue weighted by atomic mass is 32.2. The average molecular weight is 422 g/mol. The Morgan fingerprint density at radius 2 is 1.69 bits per heavy atom. The number of thioether (sulfide) groups is 1. The minimum absolute atomic E-state index is 0.00202. The van der Waals surface area contributed by atoms with Gasteiger partial charge in [0, 0.05) is 11.4 Å². The van der Waals surface area contributed by atoms with Gasteiger partial charge in [0.15, 0.2) is 9.94 Å². The van der Waals surface area contributed by atoms with Crippen LogP contribution >= 0.6 is 24.0 Å². The molecule has 0 aliphatic carbocycles. The van der Waals surface area contributed by atoms with Gasteiger partial charge in [-0.3, -0.25) is 14.3 Å². The van der Waals surface area contributed by atoms with Crippen molar-refractivity contribution in [3.05, 3.63) is 76.8 Å². The summed E-state index contributed by atoms with van der Waals surface area (Å²) in [6.45, 7) is 3.85. The van der Waals surface area contributed by atoms with Gasteiger partial charge in [0.2, 0.25) is 5.91 Å². The molecule has 0 bridgehead atoms. The molecule has 2 heterocycles. The zero-order valence-corrected chi connectivity index (χ0v) is 17.6. The summed E-state index contributed by atoms with van der Waals surface area (Å²) in [5.41, 5.74) is 4.23. The van der Waals surface area contributed by atoms with E-state index in [-0.39, 0.29) is 5.91 Å². The number of para-hydroxylation sites is 2. The van der Waals surface area contributed by atoms with Gasteiger partial charge < -0.3 is 4.98 Å². The van der Waals surface area contributed by atoms with E-state index < -0.39 is 0 Å². The minimum atomic E-state index is -0.00202. The van der Waals surface area contributed by atoms with Crippen LogP contribution < -0.4 is 4.90 Å². The Labute approximate surface area is 178 Å². The molecule has 29 heavy (non-hydrogen) atoms. The molecule has 0 spiro atoms. The first-order valence-corrected chi connectivity index (χ1v) is 10.5. The first-order chi connectivity index (χ1) is 14.1. The lowest BCUT2D eigenvalue weighted by Crippen LogP contribution is -2.29. The van der Waals surface area contributed by atoms with Crippen molar-refractivity contribution in [3.8, 4) is 5.69 Å². The summed E-state index contributed by atoms with van der Waals surface area (Å²) >= 11 is 6.90. The van der Waals surface area contributed by atoms with E-state index in [0.29, 0.717) is 21.4 Å². The molecule has 1 amide bonds. The second-order valence-electron chi connectivity index (χ2n) is 6.50. The highest BCUT2D eigenvalue weighted by Gasteiger charge is 2.29. The summed E-state index contributed by atoms with van der Waals surface area (Å²) in [5.74, 6) is 0.351. The van der Waals surface area contributed by atoms with Crippen molar-refractivity contribution in [1.82, 2.24) is 9.55 Å². The molecule has 2 aromatic carbocycles. The third kappa shape index (κ3) is 3.81. The molecular formula is C21H19N5OS2. The zero-order valence-electron chi connectivity index (χ0n) is 16.0. The van der Waals surface area contributed by atoms with Crippen LogP contribution in [0.5, 0.6) is 0 Å². The molecule has 1 fully saturated rings. The van der Waals surface area contributed by atoms with E-state index in [0.717, 1.165) is 22.8 Å². The van der Waals surface area contributed by atoms with E-state index in [4.69, 9.17) is 12.2 Å². The number of aromatic nitrogens is 2. The Morgan fingerprint density at radius 1 is 1.07 bits per heavy atom. The highest BCUT2D eigenvalue weighted by Crippen LogP contribution is 2.26. The third-order valence-corrected chi connectivity index (χ3v) is 5.70. The fraction of sp³-hybridized carbons (Fsp3) is 0.143. The fourth-order valence-corrected chi connectivity index (χ4v) is 4.40. The molecule has 0 saturated carbocycles. The van der Waals surface area contributed by atoms with E-state index in [9.17, 15) is 4.79 Å². The summed E-state index contributed by atoms with van der Waals surface area (Å²) in [6, 6.07) is 19.4. The summed E-state index contributed by atoms with van der Waals surface area (Å²) in [4.78, 5) is 17.2. The number of H-pyrrole nitrogens is 1. The molecular weight excluding hydrogens is 402 g/mol. The van der Waals surface area contributed by atoms with Crippen LogP contribution in [-0.4, -0.2) is 32.1 Å². The molecule has 1 aliphatic rings. The van der Waals surface area contributed by atoms with E-state index in [1.54, 1.807) is 4.90 Å². The molecule has 146 valence electrons. The maximum absolute atomic E-state index is 12.3. The van der Waals surface area contributed by atoms with Gasteiger partial charge >= 0.3 is 0 Å². The first kappa shape index (κ1) is 19.4. The van der Waals surface area contributed by atoms with Crippen molar-refractivity contribution in [2.24, 2.45) is 10.2 Å². The molecule has 0 unspecified atom stereocenters. The van der Waals surface area contributed by atoms with Crippen molar-refractivity contribution in [3.63, 3.8) is 0 Å². The molecule has 8 heteroatoms. The lowest BCUT2D eigenvalue weighted by atomic mass is 10.2. The molecule has 3 aromatic rings. The van der Waals surface area contributed by atoms with Crippen LogP contribution in [0.25, 0.3) is 5.69 Å².